The molecule has 5 nitrogen and oxygen atoms in total. The van der Waals surface area contributed by atoms with E-state index in [1.54, 1.807) is 0 Å². The van der Waals surface area contributed by atoms with Gasteiger partial charge in [-0.25, -0.2) is 0 Å². The molecule has 1 aliphatic carbocycles. The lowest BCUT2D eigenvalue weighted by atomic mass is 9.63. The molecule has 1 saturated carbocycles. The average Bonchev–Trinajstić information content (AvgIpc) is 2.54. The summed E-state index contributed by atoms with van der Waals surface area (Å²) in [6.07, 6.45) is 3.02. The number of hydrogen-bond acceptors (Lipinski definition) is 3. The van der Waals surface area contributed by atoms with Crippen LogP contribution in [0, 0.1) is 0 Å². The Bertz CT molecular complexity index is 603. The van der Waals surface area contributed by atoms with Crippen LogP contribution in [0.15, 0.2) is 30.3 Å². The van der Waals surface area contributed by atoms with Crippen LogP contribution < -0.4 is 5.32 Å². The Morgan fingerprint density at radius 3 is 2.24 bits per heavy atom. The van der Waals surface area contributed by atoms with E-state index in [0.717, 1.165) is 37.9 Å². The molecule has 2 fully saturated rings. The van der Waals surface area contributed by atoms with Gasteiger partial charge in [0, 0.05) is 32.2 Å². The van der Waals surface area contributed by atoms with Gasteiger partial charge in [-0.3, -0.25) is 14.5 Å². The van der Waals surface area contributed by atoms with Gasteiger partial charge >= 0.3 is 0 Å². The van der Waals surface area contributed by atoms with Crippen LogP contribution in [0.5, 0.6) is 0 Å². The van der Waals surface area contributed by atoms with Crippen molar-refractivity contribution in [2.75, 3.05) is 32.7 Å². The number of piperazine rings is 1. The van der Waals surface area contributed by atoms with E-state index in [1.807, 2.05) is 36.9 Å². The van der Waals surface area contributed by atoms with Gasteiger partial charge in [-0.1, -0.05) is 36.8 Å². The van der Waals surface area contributed by atoms with Crippen LogP contribution in [0.25, 0.3) is 0 Å². The molecule has 0 bridgehead atoms. The van der Waals surface area contributed by atoms with E-state index in [9.17, 15) is 9.59 Å². The number of nitrogens with zero attached hydrogens (tertiary/aromatic N) is 2. The molecule has 2 aliphatic rings. The van der Waals surface area contributed by atoms with Crippen LogP contribution in [-0.2, 0) is 15.0 Å². The quantitative estimate of drug-likeness (QED) is 0.887. The number of rotatable bonds is 5. The van der Waals surface area contributed by atoms with Gasteiger partial charge in [-0.15, -0.1) is 0 Å². The molecular weight excluding hydrogens is 314 g/mol. The second-order valence-corrected chi connectivity index (χ2v) is 7.59. The maximum absolute atomic E-state index is 13.2. The number of carbonyl (C=O) groups excluding carboxylic acids is 2. The molecule has 1 aromatic rings. The minimum atomic E-state index is -0.307. The molecule has 0 aromatic heterocycles. The van der Waals surface area contributed by atoms with E-state index in [-0.39, 0.29) is 23.3 Å². The summed E-state index contributed by atoms with van der Waals surface area (Å²) >= 11 is 0. The second-order valence-electron chi connectivity index (χ2n) is 7.59. The number of carbonyl (C=O) groups is 2. The topological polar surface area (TPSA) is 52.7 Å². The first-order chi connectivity index (χ1) is 12.0. The van der Waals surface area contributed by atoms with E-state index >= 15 is 0 Å². The van der Waals surface area contributed by atoms with Crippen LogP contribution in [-0.4, -0.2) is 60.4 Å². The standard InChI is InChI=1S/C20H29N3O2/c1-16(2)21-18(24)15-22-11-13-23(14-12-22)19(25)20(9-6-10-20)17-7-4-3-5-8-17/h3-5,7-8,16H,6,9-15H2,1-2H3,(H,21,24). The number of benzene rings is 1. The molecule has 1 N–H and O–H groups in total. The molecule has 0 atom stereocenters. The van der Waals surface area contributed by atoms with Crippen LogP contribution in [0.1, 0.15) is 38.7 Å². The first-order valence-electron chi connectivity index (χ1n) is 9.38. The highest BCUT2D eigenvalue weighted by Gasteiger charge is 2.47. The molecule has 1 aromatic carbocycles. The molecule has 5 heteroatoms. The van der Waals surface area contributed by atoms with E-state index < -0.39 is 0 Å². The van der Waals surface area contributed by atoms with Gasteiger partial charge in [0.25, 0.3) is 0 Å². The Balaban J connectivity index is 1.57. The fourth-order valence-electron chi connectivity index (χ4n) is 3.90. The summed E-state index contributed by atoms with van der Waals surface area (Å²) in [4.78, 5) is 29.2. The average molecular weight is 343 g/mol. The van der Waals surface area contributed by atoms with Crippen molar-refractivity contribution in [2.24, 2.45) is 0 Å². The summed E-state index contributed by atoms with van der Waals surface area (Å²) in [7, 11) is 0. The molecule has 2 amide bonds. The van der Waals surface area contributed by atoms with Crippen molar-refractivity contribution in [2.45, 2.75) is 44.6 Å². The van der Waals surface area contributed by atoms with E-state index in [1.165, 1.54) is 0 Å². The van der Waals surface area contributed by atoms with Crippen LogP contribution in [0.2, 0.25) is 0 Å². The summed E-state index contributed by atoms with van der Waals surface area (Å²) in [5, 5.41) is 2.93. The Kier molecular flexibility index (Phi) is 5.42. The molecule has 1 saturated heterocycles. The van der Waals surface area contributed by atoms with Crippen LogP contribution in [0.3, 0.4) is 0 Å². The monoisotopic (exact) mass is 343 g/mol. The van der Waals surface area contributed by atoms with Crippen molar-refractivity contribution in [1.82, 2.24) is 15.1 Å². The third-order valence-corrected chi connectivity index (χ3v) is 5.42. The molecule has 25 heavy (non-hydrogen) atoms. The van der Waals surface area contributed by atoms with Gasteiger partial charge in [-0.2, -0.15) is 0 Å². The van der Waals surface area contributed by atoms with E-state index in [0.29, 0.717) is 19.6 Å². The zero-order chi connectivity index (χ0) is 17.9. The lowest BCUT2D eigenvalue weighted by Gasteiger charge is -2.46. The summed E-state index contributed by atoms with van der Waals surface area (Å²) in [6.45, 7) is 7.31. The molecular formula is C20H29N3O2. The predicted molar refractivity (Wildman–Crippen MR) is 98.3 cm³/mol. The fraction of sp³-hybridized carbons (Fsp3) is 0.600. The van der Waals surface area contributed by atoms with Crippen molar-refractivity contribution >= 4 is 11.8 Å². The highest BCUT2D eigenvalue weighted by atomic mass is 16.2. The number of amides is 2. The highest BCUT2D eigenvalue weighted by Crippen LogP contribution is 2.45. The number of hydrogen-bond donors (Lipinski definition) is 1. The molecule has 0 radical (unpaired) electrons. The zero-order valence-corrected chi connectivity index (χ0v) is 15.3. The third kappa shape index (κ3) is 3.87. The predicted octanol–water partition coefficient (Wildman–Crippen LogP) is 1.78. The Labute approximate surface area is 150 Å². The van der Waals surface area contributed by atoms with Gasteiger partial charge in [-0.05, 0) is 32.3 Å². The SMILES string of the molecule is CC(C)NC(=O)CN1CCN(C(=O)C2(c3ccccc3)CCC2)CC1. The van der Waals surface area contributed by atoms with Crippen LogP contribution >= 0.6 is 0 Å². The maximum atomic E-state index is 13.2. The first-order valence-corrected chi connectivity index (χ1v) is 9.38. The molecule has 136 valence electrons. The van der Waals surface area contributed by atoms with Gasteiger partial charge in [0.2, 0.25) is 11.8 Å². The minimum absolute atomic E-state index is 0.0644. The Morgan fingerprint density at radius 1 is 1.08 bits per heavy atom. The minimum Gasteiger partial charge on any atom is -0.353 e. The normalized spacial score (nSPS) is 20.2. The zero-order valence-electron chi connectivity index (χ0n) is 15.3. The molecule has 1 heterocycles. The van der Waals surface area contributed by atoms with E-state index in [2.05, 4.69) is 22.3 Å². The van der Waals surface area contributed by atoms with Crippen molar-refractivity contribution < 1.29 is 9.59 Å². The van der Waals surface area contributed by atoms with Gasteiger partial charge in [0.05, 0.1) is 12.0 Å². The van der Waals surface area contributed by atoms with Gasteiger partial charge in [0.15, 0.2) is 0 Å². The molecule has 0 unspecified atom stereocenters. The van der Waals surface area contributed by atoms with Crippen molar-refractivity contribution in [3.8, 4) is 0 Å². The van der Waals surface area contributed by atoms with E-state index in [4.69, 9.17) is 0 Å². The maximum Gasteiger partial charge on any atom is 0.234 e. The molecule has 3 rings (SSSR count). The summed E-state index contributed by atoms with van der Waals surface area (Å²) in [5.41, 5.74) is 0.850. The smallest absolute Gasteiger partial charge is 0.234 e. The Morgan fingerprint density at radius 2 is 1.72 bits per heavy atom. The summed E-state index contributed by atoms with van der Waals surface area (Å²) < 4.78 is 0. The van der Waals surface area contributed by atoms with Crippen molar-refractivity contribution in [3.63, 3.8) is 0 Å². The van der Waals surface area contributed by atoms with Gasteiger partial charge in [0.1, 0.15) is 0 Å². The molecule has 0 spiro atoms. The third-order valence-electron chi connectivity index (χ3n) is 5.42. The molecule has 1 aliphatic heterocycles. The fourth-order valence-corrected chi connectivity index (χ4v) is 3.90. The second kappa shape index (κ2) is 7.56. The Hall–Kier alpha value is -1.88. The summed E-state index contributed by atoms with van der Waals surface area (Å²) in [5.74, 6) is 0.339. The lowest BCUT2D eigenvalue weighted by Crippen LogP contribution is -2.57. The summed E-state index contributed by atoms with van der Waals surface area (Å²) in [6, 6.07) is 10.4. The van der Waals surface area contributed by atoms with Crippen LogP contribution in [0.4, 0.5) is 0 Å². The van der Waals surface area contributed by atoms with Gasteiger partial charge < -0.3 is 10.2 Å². The largest absolute Gasteiger partial charge is 0.353 e. The highest BCUT2D eigenvalue weighted by molar-refractivity contribution is 5.89. The van der Waals surface area contributed by atoms with Crippen molar-refractivity contribution in [1.29, 1.82) is 0 Å². The number of nitrogens with one attached hydrogen (secondary N) is 1. The first kappa shape index (κ1) is 17.9. The lowest BCUT2D eigenvalue weighted by molar-refractivity contribution is -0.142. The van der Waals surface area contributed by atoms with Crippen molar-refractivity contribution in [3.05, 3.63) is 35.9 Å².